The van der Waals surface area contributed by atoms with Crippen LogP contribution >= 0.6 is 11.6 Å². The molecule has 1 heterocycles. The van der Waals surface area contributed by atoms with Crippen molar-refractivity contribution < 1.29 is 4.79 Å². The smallest absolute Gasteiger partial charge is 0.138 e. The van der Waals surface area contributed by atoms with Crippen molar-refractivity contribution in [1.82, 2.24) is 15.1 Å². The topological polar surface area (TPSA) is 46.9 Å². The average Bonchev–Trinajstić information content (AvgIpc) is 2.46. The van der Waals surface area contributed by atoms with E-state index in [4.69, 9.17) is 11.6 Å². The predicted octanol–water partition coefficient (Wildman–Crippen LogP) is 1.49. The van der Waals surface area contributed by atoms with Crippen LogP contribution in [0.1, 0.15) is 24.2 Å². The van der Waals surface area contributed by atoms with Crippen molar-refractivity contribution in [3.05, 3.63) is 16.4 Å². The van der Waals surface area contributed by atoms with E-state index in [2.05, 4.69) is 10.4 Å². The summed E-state index contributed by atoms with van der Waals surface area (Å²) in [6.07, 6.45) is 1.82. The molecule has 0 atom stereocenters. The molecule has 0 aliphatic rings. The minimum Gasteiger partial charge on any atom is -0.320 e. The van der Waals surface area contributed by atoms with E-state index in [1.165, 1.54) is 0 Å². The number of aromatic nitrogens is 2. The third kappa shape index (κ3) is 3.32. The highest BCUT2D eigenvalue weighted by Crippen LogP contribution is 2.20. The molecule has 0 fully saturated rings. The van der Waals surface area contributed by atoms with Crippen molar-refractivity contribution in [2.24, 2.45) is 7.05 Å². The molecule has 1 aromatic heterocycles. The lowest BCUT2D eigenvalue weighted by Gasteiger charge is -2.02. The van der Waals surface area contributed by atoms with Gasteiger partial charge in [0.1, 0.15) is 5.78 Å². The molecule has 0 unspecified atom stereocenters. The highest BCUT2D eigenvalue weighted by atomic mass is 35.5. The van der Waals surface area contributed by atoms with Crippen LogP contribution in [-0.4, -0.2) is 29.2 Å². The second-order valence-corrected chi connectivity index (χ2v) is 4.27. The van der Waals surface area contributed by atoms with Gasteiger partial charge in [-0.05, 0) is 26.9 Å². The molecule has 1 rings (SSSR count). The van der Waals surface area contributed by atoms with Crippen LogP contribution < -0.4 is 5.32 Å². The molecule has 0 saturated heterocycles. The molecule has 16 heavy (non-hydrogen) atoms. The Morgan fingerprint density at radius 2 is 2.25 bits per heavy atom. The van der Waals surface area contributed by atoms with Crippen molar-refractivity contribution in [2.45, 2.75) is 26.2 Å². The number of Topliss-reactive ketones (excluding diaryl/α,β-unsaturated/α-hetero) is 1. The highest BCUT2D eigenvalue weighted by molar-refractivity contribution is 6.32. The van der Waals surface area contributed by atoms with E-state index in [0.29, 0.717) is 17.9 Å². The zero-order valence-electron chi connectivity index (χ0n) is 10.0. The average molecular weight is 244 g/mol. The van der Waals surface area contributed by atoms with Gasteiger partial charge in [-0.1, -0.05) is 11.6 Å². The molecule has 4 nitrogen and oxygen atoms in total. The van der Waals surface area contributed by atoms with Gasteiger partial charge in [0.15, 0.2) is 0 Å². The van der Waals surface area contributed by atoms with Crippen LogP contribution in [0.25, 0.3) is 0 Å². The fraction of sp³-hybridized carbons (Fsp3) is 0.636. The normalized spacial score (nSPS) is 10.8. The molecule has 0 aliphatic carbocycles. The Morgan fingerprint density at radius 3 is 2.75 bits per heavy atom. The molecule has 0 spiro atoms. The Bertz CT molecular complexity index is 374. The first-order valence-electron chi connectivity index (χ1n) is 5.40. The molecule has 5 heteroatoms. The van der Waals surface area contributed by atoms with Crippen LogP contribution in [0.4, 0.5) is 0 Å². The molecular weight excluding hydrogens is 226 g/mol. The number of aryl methyl sites for hydroxylation is 2. The van der Waals surface area contributed by atoms with E-state index in [1.54, 1.807) is 4.68 Å². The highest BCUT2D eigenvalue weighted by Gasteiger charge is 2.14. The molecule has 0 amide bonds. The number of hydrogen-bond acceptors (Lipinski definition) is 3. The van der Waals surface area contributed by atoms with Gasteiger partial charge in [-0.2, -0.15) is 5.10 Å². The minimum atomic E-state index is 0.208. The van der Waals surface area contributed by atoms with Gasteiger partial charge in [0.25, 0.3) is 0 Å². The molecule has 0 bridgehead atoms. The van der Waals surface area contributed by atoms with Crippen LogP contribution in [0.2, 0.25) is 5.02 Å². The molecular formula is C11H18ClN3O. The Kier molecular flexibility index (Phi) is 4.96. The Morgan fingerprint density at radius 1 is 1.56 bits per heavy atom. The third-order valence-electron chi connectivity index (χ3n) is 2.51. The second-order valence-electron chi connectivity index (χ2n) is 3.89. The van der Waals surface area contributed by atoms with E-state index in [-0.39, 0.29) is 5.78 Å². The van der Waals surface area contributed by atoms with E-state index in [0.717, 1.165) is 24.4 Å². The molecule has 0 aliphatic heterocycles. The maximum Gasteiger partial charge on any atom is 0.138 e. The van der Waals surface area contributed by atoms with Crippen LogP contribution in [0.3, 0.4) is 0 Å². The number of carbonyl (C=O) groups excluding carboxylic acids is 1. The first-order valence-corrected chi connectivity index (χ1v) is 5.78. The number of nitrogens with zero attached hydrogens (tertiary/aromatic N) is 2. The van der Waals surface area contributed by atoms with Crippen molar-refractivity contribution in [3.63, 3.8) is 0 Å². The Labute approximate surface area is 101 Å². The number of hydrogen-bond donors (Lipinski definition) is 1. The van der Waals surface area contributed by atoms with E-state index in [1.807, 2.05) is 21.0 Å². The maximum atomic E-state index is 11.7. The molecule has 1 aromatic rings. The third-order valence-corrected chi connectivity index (χ3v) is 3.00. The lowest BCUT2D eigenvalue weighted by molar-refractivity contribution is -0.118. The number of halogens is 1. The van der Waals surface area contributed by atoms with Crippen molar-refractivity contribution in [3.8, 4) is 0 Å². The monoisotopic (exact) mass is 243 g/mol. The summed E-state index contributed by atoms with van der Waals surface area (Å²) in [6, 6.07) is 0. The number of carbonyl (C=O) groups is 1. The summed E-state index contributed by atoms with van der Waals surface area (Å²) in [5.74, 6) is 0.208. The van der Waals surface area contributed by atoms with Gasteiger partial charge in [0.2, 0.25) is 0 Å². The van der Waals surface area contributed by atoms with Crippen LogP contribution in [-0.2, 0) is 18.3 Å². The first kappa shape index (κ1) is 13.2. The summed E-state index contributed by atoms with van der Waals surface area (Å²) < 4.78 is 1.69. The van der Waals surface area contributed by atoms with Gasteiger partial charge >= 0.3 is 0 Å². The molecule has 0 saturated carbocycles. The van der Waals surface area contributed by atoms with Crippen molar-refractivity contribution >= 4 is 17.4 Å². The van der Waals surface area contributed by atoms with Gasteiger partial charge in [-0.15, -0.1) is 0 Å². The maximum absolute atomic E-state index is 11.7. The number of rotatable bonds is 6. The first-order chi connectivity index (χ1) is 7.56. The van der Waals surface area contributed by atoms with E-state index >= 15 is 0 Å². The fourth-order valence-electron chi connectivity index (χ4n) is 1.61. The summed E-state index contributed by atoms with van der Waals surface area (Å²) in [7, 11) is 3.70. The summed E-state index contributed by atoms with van der Waals surface area (Å²) >= 11 is 6.07. The zero-order valence-corrected chi connectivity index (χ0v) is 10.8. The van der Waals surface area contributed by atoms with Gasteiger partial charge in [-0.3, -0.25) is 9.48 Å². The van der Waals surface area contributed by atoms with Gasteiger partial charge in [0.05, 0.1) is 16.4 Å². The number of ketones is 1. The van der Waals surface area contributed by atoms with Crippen molar-refractivity contribution in [2.75, 3.05) is 13.6 Å². The quantitative estimate of drug-likeness (QED) is 0.771. The molecule has 90 valence electrons. The minimum absolute atomic E-state index is 0.208. The summed E-state index contributed by atoms with van der Waals surface area (Å²) in [5.41, 5.74) is 1.59. The Hall–Kier alpha value is -0.870. The summed E-state index contributed by atoms with van der Waals surface area (Å²) in [6.45, 7) is 2.71. The van der Waals surface area contributed by atoms with Crippen LogP contribution in [0.15, 0.2) is 0 Å². The predicted molar refractivity (Wildman–Crippen MR) is 64.8 cm³/mol. The summed E-state index contributed by atoms with van der Waals surface area (Å²) in [4.78, 5) is 11.7. The Balaban J connectivity index is 2.56. The van der Waals surface area contributed by atoms with Crippen LogP contribution in [0, 0.1) is 6.92 Å². The molecule has 1 N–H and O–H groups in total. The second kappa shape index (κ2) is 6.01. The van der Waals surface area contributed by atoms with Gasteiger partial charge < -0.3 is 5.32 Å². The SMILES string of the molecule is CNCCCC(=O)Cc1c(Cl)c(C)nn1C. The molecule has 0 radical (unpaired) electrons. The fourth-order valence-corrected chi connectivity index (χ4v) is 1.84. The molecule has 0 aromatic carbocycles. The standard InChI is InChI=1S/C11H18ClN3O/c1-8-11(12)10(15(3)14-8)7-9(16)5-4-6-13-2/h13H,4-7H2,1-3H3. The van der Waals surface area contributed by atoms with Crippen LogP contribution in [0.5, 0.6) is 0 Å². The van der Waals surface area contributed by atoms with E-state index in [9.17, 15) is 4.79 Å². The van der Waals surface area contributed by atoms with Gasteiger partial charge in [-0.25, -0.2) is 0 Å². The zero-order chi connectivity index (χ0) is 12.1. The lowest BCUT2D eigenvalue weighted by Crippen LogP contribution is -2.12. The summed E-state index contributed by atoms with van der Waals surface area (Å²) in [5, 5.41) is 7.81. The van der Waals surface area contributed by atoms with E-state index < -0.39 is 0 Å². The largest absolute Gasteiger partial charge is 0.320 e. The number of nitrogens with one attached hydrogen (secondary N) is 1. The van der Waals surface area contributed by atoms with Gasteiger partial charge in [0, 0.05) is 19.9 Å². The lowest BCUT2D eigenvalue weighted by atomic mass is 10.1. The van der Waals surface area contributed by atoms with Crippen molar-refractivity contribution in [1.29, 1.82) is 0 Å².